The predicted octanol–water partition coefficient (Wildman–Crippen LogP) is 3.68. The lowest BCUT2D eigenvalue weighted by atomic mass is 9.91. The molecule has 1 aliphatic carbocycles. The van der Waals surface area contributed by atoms with Gasteiger partial charge >= 0.3 is 0 Å². The molecule has 0 radical (unpaired) electrons. The van der Waals surface area contributed by atoms with Gasteiger partial charge in [-0.05, 0) is 43.2 Å². The smallest absolute Gasteiger partial charge is 0.127 e. The fourth-order valence-corrected chi connectivity index (χ4v) is 3.40. The van der Waals surface area contributed by atoms with Crippen LogP contribution in [-0.2, 0) is 6.42 Å². The van der Waals surface area contributed by atoms with E-state index in [1.165, 1.54) is 31.7 Å². The van der Waals surface area contributed by atoms with Crippen molar-refractivity contribution < 1.29 is 4.39 Å². The third-order valence-corrected chi connectivity index (χ3v) is 4.78. The predicted molar refractivity (Wildman–Crippen MR) is 77.3 cm³/mol. The van der Waals surface area contributed by atoms with Gasteiger partial charge < -0.3 is 0 Å². The summed E-state index contributed by atoms with van der Waals surface area (Å²) in [4.78, 5) is 0. The Labute approximate surface area is 119 Å². The Morgan fingerprint density at radius 1 is 1.47 bits per heavy atom. The molecule has 1 aromatic carbocycles. The maximum atomic E-state index is 13.8. The molecule has 106 valence electrons. The molecule has 0 aliphatic heterocycles. The molecule has 3 atom stereocenters. The van der Waals surface area contributed by atoms with E-state index in [1.54, 1.807) is 12.1 Å². The van der Waals surface area contributed by atoms with E-state index in [4.69, 9.17) is 17.4 Å². The summed E-state index contributed by atoms with van der Waals surface area (Å²) in [6.07, 6.45) is 5.37. The monoisotopic (exact) mass is 284 g/mol. The third kappa shape index (κ3) is 3.47. The molecule has 2 nitrogen and oxygen atoms in total. The van der Waals surface area contributed by atoms with E-state index in [-0.39, 0.29) is 11.9 Å². The summed E-state index contributed by atoms with van der Waals surface area (Å²) < 4.78 is 13.8. The maximum absolute atomic E-state index is 13.8. The van der Waals surface area contributed by atoms with Crippen molar-refractivity contribution in [2.45, 2.75) is 45.1 Å². The topological polar surface area (TPSA) is 38.0 Å². The number of nitrogens with one attached hydrogen (secondary N) is 1. The number of nitrogens with two attached hydrogens (primary N) is 1. The van der Waals surface area contributed by atoms with Crippen LogP contribution in [0.5, 0.6) is 0 Å². The van der Waals surface area contributed by atoms with Crippen LogP contribution in [0.3, 0.4) is 0 Å². The van der Waals surface area contributed by atoms with Crippen molar-refractivity contribution in [3.8, 4) is 0 Å². The lowest BCUT2D eigenvalue weighted by Crippen LogP contribution is -2.42. The third-order valence-electron chi connectivity index (χ3n) is 4.43. The first kappa shape index (κ1) is 14.8. The van der Waals surface area contributed by atoms with E-state index in [9.17, 15) is 4.39 Å². The summed E-state index contributed by atoms with van der Waals surface area (Å²) in [5, 5.41) is 0.491. The number of rotatable bonds is 5. The van der Waals surface area contributed by atoms with Crippen LogP contribution in [-0.4, -0.2) is 6.04 Å². The van der Waals surface area contributed by atoms with E-state index < -0.39 is 0 Å². The lowest BCUT2D eigenvalue weighted by molar-refractivity contribution is 0.345. The van der Waals surface area contributed by atoms with E-state index in [2.05, 4.69) is 12.3 Å². The molecule has 1 aromatic rings. The second-order valence-electron chi connectivity index (χ2n) is 5.52. The van der Waals surface area contributed by atoms with Gasteiger partial charge in [-0.2, -0.15) is 0 Å². The van der Waals surface area contributed by atoms with Crippen LogP contribution in [0, 0.1) is 17.7 Å². The van der Waals surface area contributed by atoms with Crippen molar-refractivity contribution in [3.63, 3.8) is 0 Å². The molecule has 3 unspecified atom stereocenters. The van der Waals surface area contributed by atoms with Crippen molar-refractivity contribution in [2.24, 2.45) is 17.7 Å². The zero-order valence-electron chi connectivity index (χ0n) is 11.3. The highest BCUT2D eigenvalue weighted by Gasteiger charge is 2.30. The molecule has 1 fully saturated rings. The molecule has 19 heavy (non-hydrogen) atoms. The number of hydrogen-bond donors (Lipinski definition) is 2. The van der Waals surface area contributed by atoms with Gasteiger partial charge in [-0.25, -0.2) is 4.39 Å². The van der Waals surface area contributed by atoms with Crippen LogP contribution in [0.2, 0.25) is 5.02 Å². The van der Waals surface area contributed by atoms with Crippen molar-refractivity contribution in [1.82, 2.24) is 5.43 Å². The summed E-state index contributed by atoms with van der Waals surface area (Å²) in [7, 11) is 0. The Morgan fingerprint density at radius 2 is 2.26 bits per heavy atom. The number of benzene rings is 1. The molecule has 1 aliphatic rings. The molecule has 3 N–H and O–H groups in total. The van der Waals surface area contributed by atoms with Gasteiger partial charge in [0.2, 0.25) is 0 Å². The number of hydrazine groups is 1. The van der Waals surface area contributed by atoms with Gasteiger partial charge in [0.15, 0.2) is 0 Å². The van der Waals surface area contributed by atoms with Gasteiger partial charge in [0.25, 0.3) is 0 Å². The highest BCUT2D eigenvalue weighted by molar-refractivity contribution is 6.31. The fourth-order valence-electron chi connectivity index (χ4n) is 3.16. The largest absolute Gasteiger partial charge is 0.271 e. The van der Waals surface area contributed by atoms with Crippen molar-refractivity contribution in [2.75, 3.05) is 0 Å². The van der Waals surface area contributed by atoms with Crippen molar-refractivity contribution in [1.29, 1.82) is 0 Å². The Morgan fingerprint density at radius 3 is 2.84 bits per heavy atom. The van der Waals surface area contributed by atoms with Crippen LogP contribution in [0.1, 0.15) is 38.2 Å². The summed E-state index contributed by atoms with van der Waals surface area (Å²) in [5.41, 5.74) is 3.44. The molecule has 0 amide bonds. The van der Waals surface area contributed by atoms with Crippen LogP contribution < -0.4 is 11.3 Å². The first-order valence-corrected chi connectivity index (χ1v) is 7.42. The van der Waals surface area contributed by atoms with E-state index in [0.717, 1.165) is 5.92 Å². The molecule has 2 rings (SSSR count). The van der Waals surface area contributed by atoms with Crippen LogP contribution in [0.15, 0.2) is 18.2 Å². The highest BCUT2D eigenvalue weighted by atomic mass is 35.5. The van der Waals surface area contributed by atoms with Crippen molar-refractivity contribution in [3.05, 3.63) is 34.6 Å². The highest BCUT2D eigenvalue weighted by Crippen LogP contribution is 2.36. The second kappa shape index (κ2) is 6.69. The average molecular weight is 285 g/mol. The maximum Gasteiger partial charge on any atom is 0.127 e. The summed E-state index contributed by atoms with van der Waals surface area (Å²) in [5.74, 6) is 6.74. The summed E-state index contributed by atoms with van der Waals surface area (Å²) >= 11 is 6.08. The molecule has 0 bridgehead atoms. The average Bonchev–Trinajstić information content (AvgIpc) is 2.87. The molecular weight excluding hydrogens is 263 g/mol. The minimum Gasteiger partial charge on any atom is -0.271 e. The fraction of sp³-hybridized carbons (Fsp3) is 0.600. The summed E-state index contributed by atoms with van der Waals surface area (Å²) in [6, 6.07) is 4.93. The van der Waals surface area contributed by atoms with E-state index in [1.807, 2.05) is 0 Å². The minimum atomic E-state index is -0.238. The first-order chi connectivity index (χ1) is 9.15. The molecule has 4 heteroatoms. The quantitative estimate of drug-likeness (QED) is 0.639. The van der Waals surface area contributed by atoms with Crippen LogP contribution >= 0.6 is 11.6 Å². The van der Waals surface area contributed by atoms with E-state index >= 15 is 0 Å². The Balaban J connectivity index is 2.07. The zero-order chi connectivity index (χ0) is 13.8. The van der Waals surface area contributed by atoms with Gasteiger partial charge in [0.05, 0.1) is 0 Å². The van der Waals surface area contributed by atoms with Gasteiger partial charge in [-0.1, -0.05) is 37.4 Å². The van der Waals surface area contributed by atoms with Gasteiger partial charge in [0, 0.05) is 16.6 Å². The van der Waals surface area contributed by atoms with Crippen molar-refractivity contribution >= 4 is 11.6 Å². The van der Waals surface area contributed by atoms with Gasteiger partial charge in [-0.15, -0.1) is 0 Å². The first-order valence-electron chi connectivity index (χ1n) is 7.04. The molecule has 1 saturated carbocycles. The number of hydrogen-bond acceptors (Lipinski definition) is 2. The van der Waals surface area contributed by atoms with E-state index in [0.29, 0.717) is 22.9 Å². The zero-order valence-corrected chi connectivity index (χ0v) is 12.1. The number of halogens is 2. The molecule has 0 heterocycles. The summed E-state index contributed by atoms with van der Waals surface area (Å²) in [6.45, 7) is 2.23. The second-order valence-corrected chi connectivity index (χ2v) is 5.93. The lowest BCUT2D eigenvalue weighted by Gasteiger charge is -2.23. The SMILES string of the molecule is CCC1CCC(C(Cc2c(F)cccc2Cl)NN)C1. The standard InChI is InChI=1S/C15H22ClFN2/c1-2-10-6-7-11(8-10)15(19-18)9-12-13(16)4-3-5-14(12)17/h3-5,10-11,15,19H,2,6-9,18H2,1H3. The molecule has 0 aromatic heterocycles. The van der Waals surface area contributed by atoms with Gasteiger partial charge in [0.1, 0.15) is 5.82 Å². The Bertz CT molecular complexity index is 404. The molecule has 0 saturated heterocycles. The molecular formula is C15H22ClFN2. The normalized spacial score (nSPS) is 24.6. The van der Waals surface area contributed by atoms with Crippen LogP contribution in [0.25, 0.3) is 0 Å². The molecule has 0 spiro atoms. The minimum absolute atomic E-state index is 0.103. The van der Waals surface area contributed by atoms with Crippen LogP contribution in [0.4, 0.5) is 4.39 Å². The Kier molecular flexibility index (Phi) is 5.20. The Hall–Kier alpha value is -0.640. The van der Waals surface area contributed by atoms with Gasteiger partial charge in [-0.3, -0.25) is 11.3 Å².